The first-order chi connectivity index (χ1) is 27.7. The second-order valence-corrected chi connectivity index (χ2v) is 16.7. The predicted molar refractivity (Wildman–Crippen MR) is 217 cm³/mol. The molecule has 1 aliphatic rings. The number of H-pyrrole nitrogens is 1. The van der Waals surface area contributed by atoms with Gasteiger partial charge in [0, 0.05) is 63.0 Å². The summed E-state index contributed by atoms with van der Waals surface area (Å²) in [5, 5.41) is 20.6. The van der Waals surface area contributed by atoms with Gasteiger partial charge in [0.1, 0.15) is 17.9 Å². The van der Waals surface area contributed by atoms with E-state index in [4.69, 9.17) is 5.73 Å². The van der Waals surface area contributed by atoms with Crippen LogP contribution in [-0.4, -0.2) is 116 Å². The number of amides is 6. The highest BCUT2D eigenvalue weighted by Gasteiger charge is 2.42. The molecule has 1 aromatic rings. The monoisotopic (exact) mass is 830 g/mol. The number of aromatic amines is 1. The zero-order valence-electron chi connectivity index (χ0n) is 35.7. The summed E-state index contributed by atoms with van der Waals surface area (Å²) in [6.07, 6.45) is 2.92. The lowest BCUT2D eigenvalue weighted by atomic mass is 9.84. The first-order valence-corrected chi connectivity index (χ1v) is 20.6. The van der Waals surface area contributed by atoms with Crippen LogP contribution in [0.1, 0.15) is 118 Å². The van der Waals surface area contributed by atoms with Crippen molar-refractivity contribution >= 4 is 52.8 Å². The van der Waals surface area contributed by atoms with E-state index in [-0.39, 0.29) is 61.5 Å². The molecule has 1 aliphatic heterocycles. The van der Waals surface area contributed by atoms with E-state index < -0.39 is 96.7 Å². The average molecular weight is 831 g/mol. The molecule has 2 heterocycles. The number of aliphatic hydroxyl groups excluding tert-OH is 1. The molecule has 2 unspecified atom stereocenters. The minimum absolute atomic E-state index is 0.0209. The van der Waals surface area contributed by atoms with Gasteiger partial charge in [-0.1, -0.05) is 34.6 Å². The lowest BCUT2D eigenvalue weighted by Gasteiger charge is -2.35. The Bertz CT molecular complexity index is 1630. The molecule has 18 heteroatoms. The Kier molecular flexibility index (Phi) is 20.5. The number of nitrogens with two attached hydrogens (primary N) is 1. The van der Waals surface area contributed by atoms with Gasteiger partial charge in [-0.15, -0.1) is 0 Å². The molecule has 0 aromatic carbocycles. The van der Waals surface area contributed by atoms with E-state index >= 15 is 0 Å². The van der Waals surface area contributed by atoms with Gasteiger partial charge in [-0.2, -0.15) is 0 Å². The maximum absolute atomic E-state index is 14.0. The SMILES string of the molecule is CCNC(=O)CCC(=O)[C@](C)(CC(C)C)NC(=O)[C@@H]1CCCN1C(=O)C(CC(C)C)NC(=O)CCC(=O)[C@@H](CC(N)=O)NC(=O)[C@H](CO)CC(=O)C(C)Cc1cnc[nH]1. The van der Waals surface area contributed by atoms with E-state index in [0.717, 1.165) is 5.69 Å². The van der Waals surface area contributed by atoms with Crippen LogP contribution in [0, 0.1) is 23.7 Å². The zero-order valence-corrected chi connectivity index (χ0v) is 35.7. The van der Waals surface area contributed by atoms with Crippen LogP contribution in [0.25, 0.3) is 0 Å². The number of hydrogen-bond acceptors (Lipinski definition) is 11. The van der Waals surface area contributed by atoms with Crippen LogP contribution < -0.4 is 27.0 Å². The van der Waals surface area contributed by atoms with Gasteiger partial charge in [-0.05, 0) is 57.8 Å². The molecule has 0 spiro atoms. The van der Waals surface area contributed by atoms with Gasteiger partial charge in [-0.25, -0.2) is 4.98 Å². The Morgan fingerprint density at radius 2 is 1.59 bits per heavy atom. The summed E-state index contributed by atoms with van der Waals surface area (Å²) in [5.74, 6) is -6.72. The van der Waals surface area contributed by atoms with Crippen molar-refractivity contribution in [2.24, 2.45) is 29.4 Å². The molecule has 2 rings (SSSR count). The molecule has 330 valence electrons. The standard InChI is InChI=1S/C41H66N8O10/c1-8-44-36(55)14-12-34(53)41(7,20-25(4)5)48-39(58)31-10-9-15-49(31)40(59)30(16-24(2)3)46-37(56)13-11-32(51)29(19-35(42)54)47-38(57)27(22-50)18-33(52)26(6)17-28-21-43-23-45-28/h21,23-27,29-31,50H,8-20,22H2,1-7H3,(H2,42,54)(H,43,45)(H,44,55)(H,46,56)(H,47,57)(H,48,58)/t26?,27-,29+,30?,31-,41-/m0/s1. The molecule has 0 aliphatic carbocycles. The Labute approximate surface area is 346 Å². The first-order valence-electron chi connectivity index (χ1n) is 20.6. The molecular formula is C41H66N8O10. The van der Waals surface area contributed by atoms with E-state index in [1.165, 1.54) is 11.2 Å². The third kappa shape index (κ3) is 16.6. The fourth-order valence-electron chi connectivity index (χ4n) is 7.33. The molecule has 1 aromatic heterocycles. The fraction of sp³-hybridized carbons (Fsp3) is 0.707. The van der Waals surface area contributed by atoms with Crippen LogP contribution in [0.5, 0.6) is 0 Å². The minimum Gasteiger partial charge on any atom is -0.396 e. The molecule has 1 saturated heterocycles. The van der Waals surface area contributed by atoms with E-state index in [9.17, 15) is 48.3 Å². The molecule has 59 heavy (non-hydrogen) atoms. The lowest BCUT2D eigenvalue weighted by molar-refractivity contribution is -0.143. The van der Waals surface area contributed by atoms with E-state index in [0.29, 0.717) is 32.2 Å². The number of carbonyl (C=O) groups is 9. The molecular weight excluding hydrogens is 764 g/mol. The average Bonchev–Trinajstić information content (AvgIpc) is 3.86. The molecule has 0 radical (unpaired) electrons. The van der Waals surface area contributed by atoms with Gasteiger partial charge in [0.2, 0.25) is 35.4 Å². The number of nitrogens with one attached hydrogen (secondary N) is 5. The van der Waals surface area contributed by atoms with Crippen LogP contribution in [0.2, 0.25) is 0 Å². The fourth-order valence-corrected chi connectivity index (χ4v) is 7.33. The first kappa shape index (κ1) is 50.1. The summed E-state index contributed by atoms with van der Waals surface area (Å²) >= 11 is 0. The number of aliphatic hydroxyl groups is 1. The van der Waals surface area contributed by atoms with Crippen molar-refractivity contribution in [1.82, 2.24) is 36.1 Å². The maximum Gasteiger partial charge on any atom is 0.245 e. The van der Waals surface area contributed by atoms with Crippen molar-refractivity contribution in [3.63, 3.8) is 0 Å². The van der Waals surface area contributed by atoms with Crippen molar-refractivity contribution < 1.29 is 48.3 Å². The van der Waals surface area contributed by atoms with Gasteiger partial charge < -0.3 is 42.0 Å². The van der Waals surface area contributed by atoms with Gasteiger partial charge in [-0.3, -0.25) is 43.2 Å². The van der Waals surface area contributed by atoms with E-state index in [2.05, 4.69) is 31.2 Å². The largest absolute Gasteiger partial charge is 0.396 e. The van der Waals surface area contributed by atoms with E-state index in [1.807, 2.05) is 27.7 Å². The van der Waals surface area contributed by atoms with Gasteiger partial charge in [0.15, 0.2) is 11.6 Å². The highest BCUT2D eigenvalue weighted by atomic mass is 16.3. The Morgan fingerprint density at radius 3 is 2.17 bits per heavy atom. The second kappa shape index (κ2) is 24.2. The maximum atomic E-state index is 14.0. The highest BCUT2D eigenvalue weighted by Crippen LogP contribution is 2.25. The predicted octanol–water partition coefficient (Wildman–Crippen LogP) is 0.794. The molecule has 18 nitrogen and oxygen atoms in total. The minimum atomic E-state index is -1.43. The van der Waals surface area contributed by atoms with Crippen LogP contribution in [0.3, 0.4) is 0 Å². The Morgan fingerprint density at radius 1 is 0.915 bits per heavy atom. The zero-order chi connectivity index (χ0) is 44.4. The van der Waals surface area contributed by atoms with Crippen molar-refractivity contribution in [3.05, 3.63) is 18.2 Å². The smallest absolute Gasteiger partial charge is 0.245 e. The van der Waals surface area contributed by atoms with E-state index in [1.54, 1.807) is 27.0 Å². The number of ketones is 3. The van der Waals surface area contributed by atoms with Gasteiger partial charge >= 0.3 is 0 Å². The van der Waals surface area contributed by atoms with Gasteiger partial charge in [0.25, 0.3) is 0 Å². The van der Waals surface area contributed by atoms with Crippen LogP contribution in [0.4, 0.5) is 0 Å². The number of likely N-dealkylation sites (tertiary alicyclic amines) is 1. The molecule has 1 fully saturated rings. The highest BCUT2D eigenvalue weighted by molar-refractivity contribution is 5.99. The molecule has 6 amide bonds. The summed E-state index contributed by atoms with van der Waals surface area (Å²) in [6, 6.07) is -3.39. The summed E-state index contributed by atoms with van der Waals surface area (Å²) < 4.78 is 0. The second-order valence-electron chi connectivity index (χ2n) is 16.7. The number of nitrogens with zero attached hydrogens (tertiary/aromatic N) is 2. The third-order valence-corrected chi connectivity index (χ3v) is 10.3. The molecule has 6 atom stereocenters. The van der Waals surface area contributed by atoms with Crippen LogP contribution in [-0.2, 0) is 49.6 Å². The van der Waals surface area contributed by atoms with Crippen molar-refractivity contribution in [2.75, 3.05) is 19.7 Å². The summed E-state index contributed by atoms with van der Waals surface area (Å²) in [7, 11) is 0. The summed E-state index contributed by atoms with van der Waals surface area (Å²) in [4.78, 5) is 126. The van der Waals surface area contributed by atoms with Crippen LogP contribution in [0.15, 0.2) is 12.5 Å². The number of carbonyl (C=O) groups excluding carboxylic acids is 9. The van der Waals surface area contributed by atoms with Crippen molar-refractivity contribution in [3.8, 4) is 0 Å². The number of hydrogen-bond donors (Lipinski definition) is 7. The van der Waals surface area contributed by atoms with Crippen molar-refractivity contribution in [1.29, 1.82) is 0 Å². The Balaban J connectivity index is 2.11. The Hall–Kier alpha value is -5.00. The van der Waals surface area contributed by atoms with Gasteiger partial charge in [0.05, 0.1) is 36.9 Å². The van der Waals surface area contributed by atoms with Crippen LogP contribution >= 0.6 is 0 Å². The number of Topliss-reactive ketones (excluding diaryl/α,β-unsaturated/α-hetero) is 3. The lowest BCUT2D eigenvalue weighted by Crippen LogP contribution is -2.59. The summed E-state index contributed by atoms with van der Waals surface area (Å²) in [5.41, 5.74) is 4.80. The number of imidazole rings is 1. The molecule has 8 N–H and O–H groups in total. The number of aromatic nitrogens is 2. The molecule has 0 saturated carbocycles. The topological polar surface area (TPSA) is 280 Å². The quantitative estimate of drug-likeness (QED) is 0.0651. The third-order valence-electron chi connectivity index (χ3n) is 10.3. The normalized spacial score (nSPS) is 17.0. The van der Waals surface area contributed by atoms with Crippen molar-refractivity contribution in [2.45, 2.75) is 143 Å². The molecule has 0 bridgehead atoms. The number of primary amides is 1. The summed E-state index contributed by atoms with van der Waals surface area (Å²) in [6.45, 7) is 12.6. The number of rotatable bonds is 27.